The summed E-state index contributed by atoms with van der Waals surface area (Å²) in [5, 5.41) is 4.55. The number of amides is 2. The first kappa shape index (κ1) is 41.0. The van der Waals surface area contributed by atoms with E-state index in [-0.39, 0.29) is 41.8 Å². The van der Waals surface area contributed by atoms with Gasteiger partial charge in [0.25, 0.3) is 12.0 Å². The number of pyridine rings is 2. The van der Waals surface area contributed by atoms with Crippen molar-refractivity contribution in [3.05, 3.63) is 96.6 Å². The van der Waals surface area contributed by atoms with Crippen molar-refractivity contribution >= 4 is 51.5 Å². The molecular weight excluding hydrogens is 802 g/mol. The number of carbonyl (C=O) groups excluding carboxylic acids is 3. The van der Waals surface area contributed by atoms with Gasteiger partial charge in [-0.15, -0.1) is 0 Å². The second-order valence-electron chi connectivity index (χ2n) is 18.3. The molecule has 2 aromatic carbocycles. The van der Waals surface area contributed by atoms with Gasteiger partial charge in [0, 0.05) is 55.0 Å². The van der Waals surface area contributed by atoms with Crippen LogP contribution in [0, 0.1) is 18.2 Å². The third kappa shape index (κ3) is 7.40. The average Bonchev–Trinajstić information content (AvgIpc) is 3.80. The predicted molar refractivity (Wildman–Crippen MR) is 232 cm³/mol. The molecule has 2 atom stereocenters. The Morgan fingerprint density at radius 3 is 2.65 bits per heavy atom. The largest absolute Gasteiger partial charge is 0.463 e. The SMILES string of the molecule is CCC(C)c1cc2n(c(=O)c1COC=O)Cc1c-2nc2cc(F)c(C)c3c2c1C(NC(=O)OCC(C)(C)SSC1CC2(C1)CN(Cc1ccc4c(c1)CN(C=O)C4)C2)CC3. The maximum absolute atomic E-state index is 15.4. The molecule has 1 saturated carbocycles. The lowest BCUT2D eigenvalue weighted by molar-refractivity contribution is -0.129. The lowest BCUT2D eigenvalue weighted by Crippen LogP contribution is -2.62. The second-order valence-corrected chi connectivity index (χ2v) is 21.5. The van der Waals surface area contributed by atoms with E-state index in [0.717, 1.165) is 60.1 Å². The number of hydrogen-bond donors (Lipinski definition) is 1. The van der Waals surface area contributed by atoms with Gasteiger partial charge in [-0.1, -0.05) is 53.6 Å². The van der Waals surface area contributed by atoms with Crippen molar-refractivity contribution in [1.29, 1.82) is 0 Å². The monoisotopic (exact) mass is 853 g/mol. The second kappa shape index (κ2) is 15.8. The minimum atomic E-state index is -0.513. The molecule has 316 valence electrons. The fourth-order valence-electron chi connectivity index (χ4n) is 10.2. The van der Waals surface area contributed by atoms with E-state index in [4.69, 9.17) is 14.5 Å². The Bertz CT molecular complexity index is 2480. The van der Waals surface area contributed by atoms with Gasteiger partial charge >= 0.3 is 6.09 Å². The summed E-state index contributed by atoms with van der Waals surface area (Å²) >= 11 is 0. The average molecular weight is 854 g/mol. The Morgan fingerprint density at radius 1 is 1.12 bits per heavy atom. The number of fused-ring (bicyclic) bond motifs is 5. The number of likely N-dealkylation sites (tertiary alicyclic amines) is 1. The lowest BCUT2D eigenvalue weighted by atomic mass is 9.63. The molecule has 1 saturated heterocycles. The van der Waals surface area contributed by atoms with Crippen molar-refractivity contribution in [1.82, 2.24) is 24.7 Å². The molecule has 11 nitrogen and oxygen atoms in total. The molecule has 60 heavy (non-hydrogen) atoms. The molecule has 1 spiro atoms. The van der Waals surface area contributed by atoms with Crippen LogP contribution in [0.25, 0.3) is 22.3 Å². The van der Waals surface area contributed by atoms with Crippen molar-refractivity contribution < 1.29 is 28.2 Å². The van der Waals surface area contributed by atoms with Crippen LogP contribution < -0.4 is 10.9 Å². The van der Waals surface area contributed by atoms with Crippen LogP contribution in [-0.4, -0.2) is 68.0 Å². The highest BCUT2D eigenvalue weighted by molar-refractivity contribution is 8.77. The number of rotatable bonds is 14. The highest BCUT2D eigenvalue weighted by atomic mass is 33.1. The summed E-state index contributed by atoms with van der Waals surface area (Å²) in [5.41, 5.74) is 10.1. The fourth-order valence-corrected chi connectivity index (χ4v) is 13.3. The molecule has 9 rings (SSSR count). The van der Waals surface area contributed by atoms with Crippen LogP contribution >= 0.6 is 21.6 Å². The Hall–Kier alpha value is -4.40. The number of halogens is 1. The Kier molecular flexibility index (Phi) is 10.8. The Morgan fingerprint density at radius 2 is 1.90 bits per heavy atom. The molecule has 2 aromatic heterocycles. The summed E-state index contributed by atoms with van der Waals surface area (Å²) in [6, 6.07) is 9.64. The van der Waals surface area contributed by atoms with Crippen LogP contribution in [0.4, 0.5) is 9.18 Å². The standard InChI is InChI=1S/C46H52FN5O6S2/c1-6-26(2)33-12-39-42-34(19-52(39)43(55)35(33)20-57-25-54)41-37(10-9-32-27(3)36(47)13-38(48-42)40(32)41)49-44(56)58-23-45(4,5)60-59-31-14-46(15-31)21-51(22-46)16-28-7-8-29-17-50(24-53)18-30(29)11-28/h7-8,11-13,24-26,31,37H,6,9-10,14-23H2,1-5H3,(H,49,56). The highest BCUT2D eigenvalue weighted by Crippen LogP contribution is 2.57. The van der Waals surface area contributed by atoms with E-state index in [0.29, 0.717) is 71.1 Å². The molecule has 2 unspecified atom stereocenters. The van der Waals surface area contributed by atoms with Crippen molar-refractivity contribution in [3.63, 3.8) is 0 Å². The van der Waals surface area contributed by atoms with E-state index in [9.17, 15) is 19.2 Å². The van der Waals surface area contributed by atoms with Gasteiger partial charge in [-0.2, -0.15) is 0 Å². The molecule has 2 fully saturated rings. The number of nitrogens with one attached hydrogen (secondary N) is 1. The van der Waals surface area contributed by atoms with Crippen molar-refractivity contribution in [2.75, 3.05) is 19.7 Å². The van der Waals surface area contributed by atoms with Crippen LogP contribution in [0.1, 0.15) is 115 Å². The highest BCUT2D eigenvalue weighted by Gasteiger charge is 2.52. The van der Waals surface area contributed by atoms with Crippen molar-refractivity contribution in [2.24, 2.45) is 5.41 Å². The maximum Gasteiger partial charge on any atom is 0.407 e. The van der Waals surface area contributed by atoms with E-state index in [1.165, 1.54) is 35.6 Å². The van der Waals surface area contributed by atoms with Crippen LogP contribution in [0.5, 0.6) is 0 Å². The smallest absolute Gasteiger partial charge is 0.407 e. The van der Waals surface area contributed by atoms with Crippen molar-refractivity contribution in [2.45, 2.75) is 121 Å². The number of ether oxygens (including phenoxy) is 2. The van der Waals surface area contributed by atoms with Gasteiger partial charge in [0.2, 0.25) is 6.41 Å². The lowest BCUT2D eigenvalue weighted by Gasteiger charge is -2.59. The summed E-state index contributed by atoms with van der Waals surface area (Å²) in [4.78, 5) is 59.4. The maximum atomic E-state index is 15.4. The topological polar surface area (TPSA) is 123 Å². The third-order valence-electron chi connectivity index (χ3n) is 13.5. The van der Waals surface area contributed by atoms with E-state index >= 15 is 4.39 Å². The number of benzene rings is 2. The molecule has 4 aromatic rings. The van der Waals surface area contributed by atoms with Crippen LogP contribution in [0.3, 0.4) is 0 Å². The molecule has 5 heterocycles. The van der Waals surface area contributed by atoms with Gasteiger partial charge < -0.3 is 24.3 Å². The Balaban J connectivity index is 0.836. The van der Waals surface area contributed by atoms with E-state index < -0.39 is 12.1 Å². The summed E-state index contributed by atoms with van der Waals surface area (Å²) in [6.07, 6.45) is 4.68. The van der Waals surface area contributed by atoms with Crippen LogP contribution in [0.15, 0.2) is 35.1 Å². The van der Waals surface area contributed by atoms with Gasteiger partial charge in [0.15, 0.2) is 0 Å². The Labute approximate surface area is 357 Å². The summed E-state index contributed by atoms with van der Waals surface area (Å²) < 4.78 is 27.7. The zero-order valence-corrected chi connectivity index (χ0v) is 36.5. The fraction of sp³-hybridized carbons (Fsp3) is 0.500. The zero-order chi connectivity index (χ0) is 42.1. The minimum absolute atomic E-state index is 0.0263. The van der Waals surface area contributed by atoms with Gasteiger partial charge in [-0.3, -0.25) is 19.3 Å². The summed E-state index contributed by atoms with van der Waals surface area (Å²) in [7, 11) is 3.68. The number of aryl methyl sites for hydroxylation is 1. The van der Waals surface area contributed by atoms with Crippen LogP contribution in [0.2, 0.25) is 0 Å². The molecule has 14 heteroatoms. The first-order valence-corrected chi connectivity index (χ1v) is 23.3. The number of hydrogen-bond acceptors (Lipinski definition) is 10. The first-order valence-electron chi connectivity index (χ1n) is 21.1. The number of aromatic nitrogens is 2. The molecule has 0 radical (unpaired) electrons. The van der Waals surface area contributed by atoms with Gasteiger partial charge in [0.1, 0.15) is 19.0 Å². The minimum Gasteiger partial charge on any atom is -0.463 e. The molecule has 5 aliphatic rings. The summed E-state index contributed by atoms with van der Waals surface area (Å²) in [6.45, 7) is 15.4. The first-order chi connectivity index (χ1) is 28.8. The van der Waals surface area contributed by atoms with Crippen LogP contribution in [-0.2, 0) is 58.3 Å². The normalized spacial score (nSPS) is 19.3. The summed E-state index contributed by atoms with van der Waals surface area (Å²) in [5.74, 6) is -0.304. The molecular formula is C46H52FN5O6S2. The number of nitrogens with zero attached hydrogens (tertiary/aromatic N) is 4. The molecule has 0 bridgehead atoms. The van der Waals surface area contributed by atoms with Gasteiger partial charge in [-0.25, -0.2) is 14.2 Å². The number of carbonyl (C=O) groups is 3. The quantitative estimate of drug-likeness (QED) is 0.0867. The predicted octanol–water partition coefficient (Wildman–Crippen LogP) is 8.07. The van der Waals surface area contributed by atoms with Gasteiger partial charge in [-0.05, 0) is 109 Å². The van der Waals surface area contributed by atoms with Gasteiger partial charge in [0.05, 0.1) is 39.8 Å². The molecule has 1 N–H and O–H groups in total. The molecule has 3 aliphatic heterocycles. The van der Waals surface area contributed by atoms with E-state index in [2.05, 4.69) is 42.3 Å². The zero-order valence-electron chi connectivity index (χ0n) is 34.9. The third-order valence-corrected chi connectivity index (χ3v) is 17.2. The van der Waals surface area contributed by atoms with E-state index in [1.807, 2.05) is 35.6 Å². The van der Waals surface area contributed by atoms with E-state index in [1.54, 1.807) is 22.3 Å². The molecule has 2 amide bonds. The van der Waals surface area contributed by atoms with Crippen molar-refractivity contribution in [3.8, 4) is 11.4 Å². The number of alkyl carbamates (subject to hydrolysis) is 1. The molecule has 2 aliphatic carbocycles.